The number of hydrogen-bond donors (Lipinski definition) is 1. The third kappa shape index (κ3) is 3.91. The van der Waals surface area contributed by atoms with Crippen LogP contribution < -0.4 is 10.1 Å². The molecule has 0 saturated heterocycles. The molecule has 1 amide bonds. The van der Waals surface area contributed by atoms with Crippen LogP contribution in [0.4, 0.5) is 0 Å². The molecule has 4 rings (SSSR count). The maximum Gasteiger partial charge on any atom is 0.287 e. The lowest BCUT2D eigenvalue weighted by Gasteiger charge is -2.08. The molecule has 0 aliphatic heterocycles. The van der Waals surface area contributed by atoms with Crippen molar-refractivity contribution in [2.45, 2.75) is 26.6 Å². The van der Waals surface area contributed by atoms with Gasteiger partial charge in [-0.2, -0.15) is 5.10 Å². The molecule has 0 saturated carbocycles. The molecule has 0 radical (unpaired) electrons. The average Bonchev–Trinajstić information content (AvgIpc) is 3.40. The highest BCUT2D eigenvalue weighted by atomic mass is 16.5. The van der Waals surface area contributed by atoms with Crippen molar-refractivity contribution in [2.75, 3.05) is 0 Å². The Morgan fingerprint density at radius 1 is 1.11 bits per heavy atom. The van der Waals surface area contributed by atoms with Crippen molar-refractivity contribution in [3.63, 3.8) is 0 Å². The molecule has 2 aromatic heterocycles. The fraction of sp³-hybridized carbons (Fsp3) is 0.182. The highest BCUT2D eigenvalue weighted by Crippen LogP contribution is 2.26. The average molecular weight is 375 g/mol. The van der Waals surface area contributed by atoms with Crippen LogP contribution in [0.25, 0.3) is 10.8 Å². The van der Waals surface area contributed by atoms with E-state index in [9.17, 15) is 4.79 Å². The summed E-state index contributed by atoms with van der Waals surface area (Å²) in [6, 6.07) is 19.3. The van der Waals surface area contributed by atoms with Gasteiger partial charge in [0.2, 0.25) is 0 Å². The Morgan fingerprint density at radius 2 is 1.96 bits per heavy atom. The fourth-order valence-corrected chi connectivity index (χ4v) is 2.98. The first-order valence-electron chi connectivity index (χ1n) is 9.23. The minimum absolute atomic E-state index is 0.252. The minimum atomic E-state index is -0.276. The van der Waals surface area contributed by atoms with Crippen LogP contribution in [0.2, 0.25) is 0 Å². The molecular formula is C22H21N3O3. The van der Waals surface area contributed by atoms with E-state index in [4.69, 9.17) is 9.15 Å². The molecule has 0 bridgehead atoms. The number of nitrogens with zero attached hydrogens (tertiary/aromatic N) is 2. The predicted octanol–water partition coefficient (Wildman–Crippen LogP) is 4.16. The van der Waals surface area contributed by atoms with Crippen molar-refractivity contribution in [3.8, 4) is 5.75 Å². The van der Waals surface area contributed by atoms with Crippen LogP contribution in [0.3, 0.4) is 0 Å². The summed E-state index contributed by atoms with van der Waals surface area (Å²) < 4.78 is 13.4. The van der Waals surface area contributed by atoms with Crippen LogP contribution in [-0.4, -0.2) is 15.7 Å². The van der Waals surface area contributed by atoms with Crippen molar-refractivity contribution in [2.24, 2.45) is 0 Å². The number of amides is 1. The molecule has 1 N–H and O–H groups in total. The number of fused-ring (bicyclic) bond motifs is 1. The number of nitrogens with one attached hydrogen (secondary N) is 1. The molecule has 6 nitrogen and oxygen atoms in total. The third-order valence-electron chi connectivity index (χ3n) is 4.45. The van der Waals surface area contributed by atoms with E-state index in [-0.39, 0.29) is 18.3 Å². The van der Waals surface area contributed by atoms with E-state index in [1.54, 1.807) is 12.1 Å². The van der Waals surface area contributed by atoms with Gasteiger partial charge in [0.25, 0.3) is 5.91 Å². The monoisotopic (exact) mass is 375 g/mol. The van der Waals surface area contributed by atoms with E-state index in [0.717, 1.165) is 28.8 Å². The van der Waals surface area contributed by atoms with E-state index < -0.39 is 0 Å². The van der Waals surface area contributed by atoms with E-state index in [1.807, 2.05) is 66.3 Å². The normalized spacial score (nSPS) is 10.9. The molecule has 6 heteroatoms. The van der Waals surface area contributed by atoms with Gasteiger partial charge in [0.05, 0.1) is 12.2 Å². The molecule has 0 unspecified atom stereocenters. The Kier molecular flexibility index (Phi) is 5.10. The second kappa shape index (κ2) is 8.00. The Labute approximate surface area is 162 Å². The van der Waals surface area contributed by atoms with Crippen LogP contribution in [0.15, 0.2) is 71.3 Å². The summed E-state index contributed by atoms with van der Waals surface area (Å²) >= 11 is 0. The predicted molar refractivity (Wildman–Crippen MR) is 106 cm³/mol. The lowest BCUT2D eigenvalue weighted by molar-refractivity contribution is 0.0918. The quantitative estimate of drug-likeness (QED) is 0.527. The van der Waals surface area contributed by atoms with Crippen molar-refractivity contribution in [1.82, 2.24) is 15.1 Å². The second-order valence-corrected chi connectivity index (χ2v) is 6.38. The Bertz CT molecular complexity index is 1090. The van der Waals surface area contributed by atoms with Crippen molar-refractivity contribution in [1.29, 1.82) is 0 Å². The molecule has 0 atom stereocenters. The number of ether oxygens (including phenoxy) is 1. The third-order valence-corrected chi connectivity index (χ3v) is 4.45. The van der Waals surface area contributed by atoms with E-state index in [0.29, 0.717) is 12.3 Å². The Balaban J connectivity index is 1.36. The van der Waals surface area contributed by atoms with Gasteiger partial charge in [0.1, 0.15) is 18.1 Å². The summed E-state index contributed by atoms with van der Waals surface area (Å²) in [4.78, 5) is 12.3. The minimum Gasteiger partial charge on any atom is -0.485 e. The molecule has 0 fully saturated rings. The topological polar surface area (TPSA) is 69.3 Å². The number of benzene rings is 2. The molecular weight excluding hydrogens is 354 g/mol. The van der Waals surface area contributed by atoms with Crippen LogP contribution in [0.5, 0.6) is 5.75 Å². The number of carbonyl (C=O) groups is 1. The Morgan fingerprint density at radius 3 is 2.82 bits per heavy atom. The molecule has 0 aliphatic carbocycles. The van der Waals surface area contributed by atoms with Gasteiger partial charge in [-0.05, 0) is 36.6 Å². The number of hydrogen-bond acceptors (Lipinski definition) is 4. The van der Waals surface area contributed by atoms with E-state index in [1.165, 1.54) is 0 Å². The summed E-state index contributed by atoms with van der Waals surface area (Å²) in [5, 5.41) is 9.31. The molecule has 4 aromatic rings. The molecule has 142 valence electrons. The number of furan rings is 1. The Hall–Kier alpha value is -3.54. The summed E-state index contributed by atoms with van der Waals surface area (Å²) in [5.41, 5.74) is 0.807. The first-order valence-corrected chi connectivity index (χ1v) is 9.23. The van der Waals surface area contributed by atoms with Crippen LogP contribution >= 0.6 is 0 Å². The van der Waals surface area contributed by atoms with E-state index in [2.05, 4.69) is 10.4 Å². The van der Waals surface area contributed by atoms with Crippen LogP contribution in [0.1, 0.15) is 28.9 Å². The smallest absolute Gasteiger partial charge is 0.287 e. The number of aryl methyl sites for hydroxylation is 1. The molecule has 0 spiro atoms. The molecule has 28 heavy (non-hydrogen) atoms. The maximum atomic E-state index is 12.3. The number of rotatable bonds is 7. The summed E-state index contributed by atoms with van der Waals surface area (Å²) in [7, 11) is 0. The van der Waals surface area contributed by atoms with Crippen LogP contribution in [-0.2, 0) is 19.7 Å². The van der Waals surface area contributed by atoms with Crippen molar-refractivity contribution in [3.05, 3.63) is 84.1 Å². The van der Waals surface area contributed by atoms with Crippen LogP contribution in [0, 0.1) is 0 Å². The van der Waals surface area contributed by atoms with Gasteiger partial charge in [-0.1, -0.05) is 36.4 Å². The zero-order valence-electron chi connectivity index (χ0n) is 15.6. The zero-order chi connectivity index (χ0) is 19.3. The molecule has 2 heterocycles. The lowest BCUT2D eigenvalue weighted by Crippen LogP contribution is -2.22. The standard InChI is InChI=1S/C22H21N3O3/c1-2-25-13-12-17(24-25)14-23-22(26)21-11-10-18(28-21)15-27-20-9-5-7-16-6-3-4-8-19(16)20/h3-13H,2,14-15H2,1H3,(H,23,26). The first kappa shape index (κ1) is 17.9. The van der Waals surface area contributed by atoms with Gasteiger partial charge in [-0.25, -0.2) is 0 Å². The van der Waals surface area contributed by atoms with Gasteiger partial charge < -0.3 is 14.5 Å². The van der Waals surface area contributed by atoms with Gasteiger partial charge in [-0.3, -0.25) is 9.48 Å². The van der Waals surface area contributed by atoms with Gasteiger partial charge in [0, 0.05) is 18.1 Å². The molecule has 0 aliphatic rings. The van der Waals surface area contributed by atoms with Gasteiger partial charge in [0.15, 0.2) is 5.76 Å². The fourth-order valence-electron chi connectivity index (χ4n) is 2.98. The molecule has 2 aromatic carbocycles. The van der Waals surface area contributed by atoms with Crippen molar-refractivity contribution < 1.29 is 13.9 Å². The largest absolute Gasteiger partial charge is 0.485 e. The van der Waals surface area contributed by atoms with E-state index >= 15 is 0 Å². The lowest BCUT2D eigenvalue weighted by atomic mass is 10.1. The highest BCUT2D eigenvalue weighted by Gasteiger charge is 2.12. The summed E-state index contributed by atoms with van der Waals surface area (Å²) in [6.45, 7) is 3.42. The second-order valence-electron chi connectivity index (χ2n) is 6.38. The summed E-state index contributed by atoms with van der Waals surface area (Å²) in [5.74, 6) is 1.36. The number of carbonyl (C=O) groups excluding carboxylic acids is 1. The van der Waals surface area contributed by atoms with Gasteiger partial charge >= 0.3 is 0 Å². The first-order chi connectivity index (χ1) is 13.7. The summed E-state index contributed by atoms with van der Waals surface area (Å²) in [6.07, 6.45) is 1.89. The van der Waals surface area contributed by atoms with Crippen molar-refractivity contribution >= 4 is 16.7 Å². The highest BCUT2D eigenvalue weighted by molar-refractivity contribution is 5.91. The number of aromatic nitrogens is 2. The maximum absolute atomic E-state index is 12.3. The van der Waals surface area contributed by atoms with Gasteiger partial charge in [-0.15, -0.1) is 0 Å². The SMILES string of the molecule is CCn1ccc(CNC(=O)c2ccc(COc3cccc4ccccc34)o2)n1. The zero-order valence-corrected chi connectivity index (χ0v) is 15.6.